The number of aromatic nitrogens is 3. The van der Waals surface area contributed by atoms with Gasteiger partial charge in [0.25, 0.3) is 10.0 Å². The van der Waals surface area contributed by atoms with E-state index in [0.29, 0.717) is 5.92 Å². The van der Waals surface area contributed by atoms with Gasteiger partial charge in [0.05, 0.1) is 12.6 Å². The van der Waals surface area contributed by atoms with E-state index in [1.165, 1.54) is 12.5 Å². The van der Waals surface area contributed by atoms with Gasteiger partial charge in [0.1, 0.15) is 5.52 Å². The SMILES string of the molecule is O=S(=O)(NC1CCC(c2coc3cccnc23)CC1)c1c[nH]cn1. The van der Waals surface area contributed by atoms with Crippen molar-refractivity contribution in [3.8, 4) is 0 Å². The Kier molecular flexibility index (Phi) is 3.85. The van der Waals surface area contributed by atoms with E-state index in [0.717, 1.165) is 42.3 Å². The molecule has 1 aliphatic carbocycles. The van der Waals surface area contributed by atoms with Gasteiger partial charge in [-0.2, -0.15) is 0 Å². The Morgan fingerprint density at radius 3 is 2.79 bits per heavy atom. The summed E-state index contributed by atoms with van der Waals surface area (Å²) in [4.78, 5) is 10.9. The first-order valence-electron chi connectivity index (χ1n) is 7.97. The van der Waals surface area contributed by atoms with Gasteiger partial charge in [-0.05, 0) is 43.7 Å². The van der Waals surface area contributed by atoms with E-state index in [4.69, 9.17) is 4.42 Å². The van der Waals surface area contributed by atoms with Crippen molar-refractivity contribution >= 4 is 21.1 Å². The summed E-state index contributed by atoms with van der Waals surface area (Å²) in [5.74, 6) is 0.354. The number of hydrogen-bond acceptors (Lipinski definition) is 5. The number of hydrogen-bond donors (Lipinski definition) is 2. The molecule has 1 aliphatic rings. The third-order valence-electron chi connectivity index (χ3n) is 4.59. The molecule has 0 saturated heterocycles. The number of fused-ring (bicyclic) bond motifs is 1. The second-order valence-electron chi connectivity index (χ2n) is 6.12. The number of imidazole rings is 1. The zero-order valence-electron chi connectivity index (χ0n) is 13.0. The molecule has 2 N–H and O–H groups in total. The molecule has 0 aliphatic heterocycles. The summed E-state index contributed by atoms with van der Waals surface area (Å²) >= 11 is 0. The molecule has 1 saturated carbocycles. The van der Waals surface area contributed by atoms with Crippen LogP contribution in [-0.4, -0.2) is 29.4 Å². The lowest BCUT2D eigenvalue weighted by Gasteiger charge is -2.28. The monoisotopic (exact) mass is 346 g/mol. The van der Waals surface area contributed by atoms with Crippen LogP contribution in [0.15, 0.2) is 46.6 Å². The number of nitrogens with one attached hydrogen (secondary N) is 2. The van der Waals surface area contributed by atoms with E-state index in [1.807, 2.05) is 12.1 Å². The Labute approximate surface area is 139 Å². The zero-order valence-corrected chi connectivity index (χ0v) is 13.8. The highest BCUT2D eigenvalue weighted by molar-refractivity contribution is 7.89. The summed E-state index contributed by atoms with van der Waals surface area (Å²) in [5, 5.41) is 0.0367. The van der Waals surface area contributed by atoms with Crippen molar-refractivity contribution < 1.29 is 12.8 Å². The normalized spacial score (nSPS) is 22.0. The molecule has 0 aromatic carbocycles. The first-order valence-corrected chi connectivity index (χ1v) is 9.45. The number of aromatic amines is 1. The smallest absolute Gasteiger partial charge is 0.259 e. The molecule has 0 unspecified atom stereocenters. The Morgan fingerprint density at radius 2 is 2.04 bits per heavy atom. The van der Waals surface area contributed by atoms with E-state index in [9.17, 15) is 8.42 Å². The molecule has 126 valence electrons. The largest absolute Gasteiger partial charge is 0.462 e. The Hall–Kier alpha value is -2.19. The maximum atomic E-state index is 12.2. The van der Waals surface area contributed by atoms with E-state index < -0.39 is 10.0 Å². The third kappa shape index (κ3) is 2.83. The lowest BCUT2D eigenvalue weighted by atomic mass is 9.82. The van der Waals surface area contributed by atoms with Crippen molar-refractivity contribution in [3.63, 3.8) is 0 Å². The van der Waals surface area contributed by atoms with Gasteiger partial charge >= 0.3 is 0 Å². The average Bonchev–Trinajstić information content (AvgIpc) is 3.26. The topological polar surface area (TPSA) is 101 Å². The van der Waals surface area contributed by atoms with Crippen molar-refractivity contribution in [2.24, 2.45) is 0 Å². The minimum absolute atomic E-state index is 0.0367. The molecule has 0 spiro atoms. The van der Waals surface area contributed by atoms with Gasteiger partial charge in [-0.15, -0.1) is 0 Å². The average molecular weight is 346 g/mol. The van der Waals surface area contributed by atoms with Crippen molar-refractivity contribution in [1.82, 2.24) is 19.7 Å². The fraction of sp³-hybridized carbons (Fsp3) is 0.375. The van der Waals surface area contributed by atoms with E-state index in [-0.39, 0.29) is 11.1 Å². The van der Waals surface area contributed by atoms with Crippen LogP contribution >= 0.6 is 0 Å². The lowest BCUT2D eigenvalue weighted by Crippen LogP contribution is -2.37. The van der Waals surface area contributed by atoms with Crippen LogP contribution in [0.2, 0.25) is 0 Å². The van der Waals surface area contributed by atoms with Gasteiger partial charge in [0.2, 0.25) is 0 Å². The molecule has 4 rings (SSSR count). The fourth-order valence-corrected chi connectivity index (χ4v) is 4.58. The molecule has 0 atom stereocenters. The van der Waals surface area contributed by atoms with Gasteiger partial charge in [-0.3, -0.25) is 4.98 Å². The number of furan rings is 1. The van der Waals surface area contributed by atoms with E-state index in [2.05, 4.69) is 19.7 Å². The number of sulfonamides is 1. The number of H-pyrrole nitrogens is 1. The van der Waals surface area contributed by atoms with Crippen molar-refractivity contribution in [2.75, 3.05) is 0 Å². The van der Waals surface area contributed by atoms with Crippen molar-refractivity contribution in [3.05, 3.63) is 42.7 Å². The molecule has 0 amide bonds. The summed E-state index contributed by atoms with van der Waals surface area (Å²) in [6.45, 7) is 0. The van der Waals surface area contributed by atoms with Gasteiger partial charge in [-0.1, -0.05) is 0 Å². The van der Waals surface area contributed by atoms with Crippen LogP contribution in [0.25, 0.3) is 11.1 Å². The van der Waals surface area contributed by atoms with E-state index >= 15 is 0 Å². The molecule has 7 nitrogen and oxygen atoms in total. The first kappa shape index (κ1) is 15.3. The van der Waals surface area contributed by atoms with Crippen LogP contribution in [0.4, 0.5) is 0 Å². The number of pyridine rings is 1. The zero-order chi connectivity index (χ0) is 16.6. The molecule has 3 aromatic rings. The third-order valence-corrected chi connectivity index (χ3v) is 6.01. The first-order chi connectivity index (χ1) is 11.6. The summed E-state index contributed by atoms with van der Waals surface area (Å²) in [6, 6.07) is 3.71. The van der Waals surface area contributed by atoms with Crippen LogP contribution < -0.4 is 4.72 Å². The number of rotatable bonds is 4. The van der Waals surface area contributed by atoms with Crippen molar-refractivity contribution in [2.45, 2.75) is 42.7 Å². The van der Waals surface area contributed by atoms with Crippen LogP contribution in [-0.2, 0) is 10.0 Å². The lowest BCUT2D eigenvalue weighted by molar-refractivity contribution is 0.373. The van der Waals surface area contributed by atoms with Crippen LogP contribution in [0, 0.1) is 0 Å². The molecule has 8 heteroatoms. The second-order valence-corrected chi connectivity index (χ2v) is 7.78. The van der Waals surface area contributed by atoms with Crippen LogP contribution in [0.1, 0.15) is 37.2 Å². The quantitative estimate of drug-likeness (QED) is 0.756. The molecule has 3 heterocycles. The second kappa shape index (κ2) is 6.03. The molecular weight excluding hydrogens is 328 g/mol. The fourth-order valence-electron chi connectivity index (χ4n) is 3.37. The van der Waals surface area contributed by atoms with Gasteiger partial charge < -0.3 is 9.40 Å². The molecule has 0 radical (unpaired) electrons. The highest BCUT2D eigenvalue weighted by Gasteiger charge is 2.28. The Balaban J connectivity index is 1.44. The van der Waals surface area contributed by atoms with Gasteiger partial charge in [0.15, 0.2) is 10.6 Å². The predicted molar refractivity (Wildman–Crippen MR) is 87.9 cm³/mol. The van der Waals surface area contributed by atoms with Gasteiger partial charge in [0, 0.05) is 24.0 Å². The van der Waals surface area contributed by atoms with Crippen molar-refractivity contribution in [1.29, 1.82) is 0 Å². The van der Waals surface area contributed by atoms with Crippen LogP contribution in [0.5, 0.6) is 0 Å². The molecule has 3 aromatic heterocycles. The maximum Gasteiger partial charge on any atom is 0.259 e. The highest BCUT2D eigenvalue weighted by atomic mass is 32.2. The minimum Gasteiger partial charge on any atom is -0.462 e. The summed E-state index contributed by atoms with van der Waals surface area (Å²) in [5.41, 5.74) is 2.84. The molecular formula is C16H18N4O3S. The summed E-state index contributed by atoms with van der Waals surface area (Å²) in [6.07, 6.45) is 9.68. The minimum atomic E-state index is -3.55. The Bertz CT molecular complexity index is 925. The number of nitrogens with zero attached hydrogens (tertiary/aromatic N) is 2. The predicted octanol–water partition coefficient (Wildman–Crippen LogP) is 2.56. The summed E-state index contributed by atoms with van der Waals surface area (Å²) in [7, 11) is -3.55. The highest BCUT2D eigenvalue weighted by Crippen LogP contribution is 2.37. The molecule has 0 bridgehead atoms. The molecule has 1 fully saturated rings. The summed E-state index contributed by atoms with van der Waals surface area (Å²) < 4.78 is 32.8. The van der Waals surface area contributed by atoms with E-state index in [1.54, 1.807) is 12.5 Å². The standard InChI is InChI=1S/C16H18N4O3S/c21-24(22,15-8-17-10-19-15)20-12-5-3-11(4-6-12)13-9-23-14-2-1-7-18-16(13)14/h1-2,7-12,20H,3-6H2,(H,17,19). The van der Waals surface area contributed by atoms with Gasteiger partial charge in [-0.25, -0.2) is 18.1 Å². The molecule has 24 heavy (non-hydrogen) atoms. The van der Waals surface area contributed by atoms with Crippen LogP contribution in [0.3, 0.4) is 0 Å². The Morgan fingerprint density at radius 1 is 1.21 bits per heavy atom. The maximum absolute atomic E-state index is 12.2.